The third-order valence-corrected chi connectivity index (χ3v) is 9.74. The molecule has 0 aromatic carbocycles. The lowest BCUT2D eigenvalue weighted by atomic mass is 9.45. The number of allylic oxidation sites excluding steroid dienone is 2. The van der Waals surface area contributed by atoms with Crippen LogP contribution in [-0.4, -0.2) is 5.78 Å². The molecule has 4 fully saturated rings. The summed E-state index contributed by atoms with van der Waals surface area (Å²) >= 11 is 3.58. The lowest BCUT2D eigenvalue weighted by Gasteiger charge is -2.60. The standard InChI is InChI=1S/C21H29BrO.CH4/c1-20-10-3-2-4-13(20)5-6-14-15(20)9-11-21-12-18(22)19(23)17(21)8-7-16(14)21;/h12-17H,2-11H2,1H3;1H4. The highest BCUT2D eigenvalue weighted by molar-refractivity contribution is 9.12. The van der Waals surface area contributed by atoms with Gasteiger partial charge >= 0.3 is 0 Å². The van der Waals surface area contributed by atoms with E-state index < -0.39 is 0 Å². The topological polar surface area (TPSA) is 17.1 Å². The van der Waals surface area contributed by atoms with Crippen LogP contribution in [0.3, 0.4) is 0 Å². The fourth-order valence-corrected chi connectivity index (χ4v) is 8.85. The predicted octanol–water partition coefficient (Wildman–Crippen LogP) is 6.51. The first kappa shape index (κ1) is 17.3. The molecule has 0 amide bonds. The van der Waals surface area contributed by atoms with Crippen molar-refractivity contribution >= 4 is 21.7 Å². The van der Waals surface area contributed by atoms with E-state index in [9.17, 15) is 4.79 Å². The second-order valence-corrected chi connectivity index (χ2v) is 10.4. The van der Waals surface area contributed by atoms with Gasteiger partial charge in [-0.05, 0) is 96.4 Å². The minimum Gasteiger partial charge on any atom is -0.293 e. The normalized spacial score (nSPS) is 52.5. The Morgan fingerprint density at radius 3 is 2.67 bits per heavy atom. The van der Waals surface area contributed by atoms with Gasteiger partial charge in [0.25, 0.3) is 0 Å². The average Bonchev–Trinajstić information content (AvgIpc) is 3.02. The Kier molecular flexibility index (Phi) is 4.11. The second-order valence-electron chi connectivity index (χ2n) is 9.54. The Morgan fingerprint density at radius 1 is 1.00 bits per heavy atom. The zero-order chi connectivity index (χ0) is 15.8. The van der Waals surface area contributed by atoms with Crippen LogP contribution in [0.1, 0.15) is 78.6 Å². The van der Waals surface area contributed by atoms with Crippen molar-refractivity contribution in [1.29, 1.82) is 0 Å². The third-order valence-electron chi connectivity index (χ3n) is 9.12. The lowest BCUT2D eigenvalue weighted by Crippen LogP contribution is -2.52. The monoisotopic (exact) mass is 392 g/mol. The van der Waals surface area contributed by atoms with Gasteiger partial charge < -0.3 is 0 Å². The zero-order valence-electron chi connectivity index (χ0n) is 14.3. The molecule has 0 radical (unpaired) electrons. The van der Waals surface area contributed by atoms with Crippen LogP contribution in [0.25, 0.3) is 0 Å². The van der Waals surface area contributed by atoms with Crippen molar-refractivity contribution in [1.82, 2.24) is 0 Å². The van der Waals surface area contributed by atoms with Gasteiger partial charge in [0.2, 0.25) is 0 Å². The fraction of sp³-hybridized carbons (Fsp3) is 0.864. The van der Waals surface area contributed by atoms with Crippen molar-refractivity contribution in [2.24, 2.45) is 40.4 Å². The van der Waals surface area contributed by atoms with Gasteiger partial charge in [0.05, 0.1) is 4.48 Å². The van der Waals surface area contributed by atoms with E-state index in [0.717, 1.165) is 34.6 Å². The molecule has 0 saturated heterocycles. The van der Waals surface area contributed by atoms with Crippen LogP contribution >= 0.6 is 15.9 Å². The molecule has 0 aromatic rings. The SMILES string of the molecule is C.CC12CCCCC1CCC1C2CCC23C=C(Br)C(=O)C2CCC13. The number of rotatable bonds is 0. The number of halogens is 1. The Morgan fingerprint density at radius 2 is 1.83 bits per heavy atom. The number of carbonyl (C=O) groups excluding carboxylic acids is 1. The van der Waals surface area contributed by atoms with Crippen LogP contribution in [0.2, 0.25) is 0 Å². The minimum atomic E-state index is 0. The molecule has 0 heterocycles. The molecular weight excluding hydrogens is 360 g/mol. The van der Waals surface area contributed by atoms with Gasteiger partial charge in [0.1, 0.15) is 0 Å². The Bertz CT molecular complexity index is 581. The van der Waals surface area contributed by atoms with Crippen LogP contribution in [0, 0.1) is 40.4 Å². The number of carbonyl (C=O) groups is 1. The maximum absolute atomic E-state index is 12.6. The maximum atomic E-state index is 12.6. The second kappa shape index (κ2) is 5.69. The van der Waals surface area contributed by atoms with E-state index in [4.69, 9.17) is 0 Å². The van der Waals surface area contributed by atoms with Crippen LogP contribution in [0.5, 0.6) is 0 Å². The minimum absolute atomic E-state index is 0. The quantitative estimate of drug-likeness (QED) is 0.458. The summed E-state index contributed by atoms with van der Waals surface area (Å²) in [5.74, 6) is 4.37. The van der Waals surface area contributed by atoms with E-state index in [0.29, 0.717) is 17.1 Å². The van der Waals surface area contributed by atoms with Gasteiger partial charge in [-0.1, -0.05) is 33.3 Å². The predicted molar refractivity (Wildman–Crippen MR) is 103 cm³/mol. The summed E-state index contributed by atoms with van der Waals surface area (Å²) in [5.41, 5.74) is 0.860. The van der Waals surface area contributed by atoms with Gasteiger partial charge in [0, 0.05) is 11.3 Å². The number of Topliss-reactive ketones (excluding diaryl/α,β-unsaturated/α-hetero) is 1. The highest BCUT2D eigenvalue weighted by Gasteiger charge is 2.63. The zero-order valence-corrected chi connectivity index (χ0v) is 15.9. The Hall–Kier alpha value is -0.110. The molecule has 0 bridgehead atoms. The molecule has 134 valence electrons. The van der Waals surface area contributed by atoms with Gasteiger partial charge in [-0.15, -0.1) is 0 Å². The molecule has 24 heavy (non-hydrogen) atoms. The Balaban J connectivity index is 0.00000146. The van der Waals surface area contributed by atoms with E-state index in [2.05, 4.69) is 28.9 Å². The largest absolute Gasteiger partial charge is 0.293 e. The molecule has 7 unspecified atom stereocenters. The van der Waals surface area contributed by atoms with Gasteiger partial charge in [-0.25, -0.2) is 0 Å². The molecule has 0 N–H and O–H groups in total. The molecule has 4 saturated carbocycles. The number of hydrogen-bond acceptors (Lipinski definition) is 1. The molecule has 2 heteroatoms. The summed E-state index contributed by atoms with van der Waals surface area (Å²) in [6.45, 7) is 2.64. The van der Waals surface area contributed by atoms with Crippen molar-refractivity contribution in [2.75, 3.05) is 0 Å². The first-order chi connectivity index (χ1) is 11.1. The van der Waals surface area contributed by atoms with Crippen molar-refractivity contribution < 1.29 is 4.79 Å². The summed E-state index contributed by atoms with van der Waals surface area (Å²) in [6.07, 6.45) is 16.3. The van der Waals surface area contributed by atoms with Crippen molar-refractivity contribution in [3.8, 4) is 0 Å². The molecule has 7 atom stereocenters. The molecule has 0 aromatic heterocycles. The molecule has 1 nitrogen and oxygen atoms in total. The van der Waals surface area contributed by atoms with E-state index in [1.54, 1.807) is 0 Å². The summed E-state index contributed by atoms with van der Waals surface area (Å²) in [5, 5.41) is 0. The van der Waals surface area contributed by atoms with E-state index in [1.165, 1.54) is 57.8 Å². The number of ketones is 1. The van der Waals surface area contributed by atoms with Crippen LogP contribution < -0.4 is 0 Å². The first-order valence-corrected chi connectivity index (χ1v) is 10.8. The van der Waals surface area contributed by atoms with E-state index in [-0.39, 0.29) is 12.8 Å². The lowest BCUT2D eigenvalue weighted by molar-refractivity contribution is -0.125. The van der Waals surface area contributed by atoms with Gasteiger partial charge in [0.15, 0.2) is 5.78 Å². The van der Waals surface area contributed by atoms with Crippen LogP contribution in [0.15, 0.2) is 10.6 Å². The van der Waals surface area contributed by atoms with Crippen molar-refractivity contribution in [2.45, 2.75) is 78.6 Å². The molecule has 0 aliphatic heterocycles. The van der Waals surface area contributed by atoms with E-state index in [1.807, 2.05) is 0 Å². The van der Waals surface area contributed by atoms with Crippen LogP contribution in [-0.2, 0) is 4.79 Å². The Labute approximate surface area is 156 Å². The number of fused-ring (bicyclic) bond motifs is 4. The summed E-state index contributed by atoms with van der Waals surface area (Å²) in [6, 6.07) is 0. The number of hydrogen-bond donors (Lipinski definition) is 0. The summed E-state index contributed by atoms with van der Waals surface area (Å²) < 4.78 is 0.906. The summed E-state index contributed by atoms with van der Waals surface area (Å²) in [4.78, 5) is 12.6. The van der Waals surface area contributed by atoms with Gasteiger partial charge in [-0.2, -0.15) is 0 Å². The first-order valence-electron chi connectivity index (χ1n) is 9.99. The molecule has 1 spiro atoms. The van der Waals surface area contributed by atoms with Crippen LogP contribution in [0.4, 0.5) is 0 Å². The van der Waals surface area contributed by atoms with E-state index >= 15 is 0 Å². The molecule has 5 aliphatic carbocycles. The highest BCUT2D eigenvalue weighted by atomic mass is 79.9. The molecule has 5 aliphatic rings. The fourth-order valence-electron chi connectivity index (χ4n) is 8.15. The maximum Gasteiger partial charge on any atom is 0.173 e. The summed E-state index contributed by atoms with van der Waals surface area (Å²) in [7, 11) is 0. The van der Waals surface area contributed by atoms with Crippen molar-refractivity contribution in [3.05, 3.63) is 10.6 Å². The highest BCUT2D eigenvalue weighted by Crippen LogP contribution is 2.69. The van der Waals surface area contributed by atoms with Gasteiger partial charge in [-0.3, -0.25) is 4.79 Å². The third kappa shape index (κ3) is 2.01. The molecule has 5 rings (SSSR count). The van der Waals surface area contributed by atoms with Crippen molar-refractivity contribution in [3.63, 3.8) is 0 Å². The smallest absolute Gasteiger partial charge is 0.173 e. The average molecular weight is 393 g/mol. The molecular formula is C22H33BrO.